The summed E-state index contributed by atoms with van der Waals surface area (Å²) in [7, 11) is -3.22. The van der Waals surface area contributed by atoms with Crippen molar-refractivity contribution >= 4 is 13.3 Å². The Morgan fingerprint density at radius 1 is 0.886 bits per heavy atom. The number of aryl methyl sites for hydroxylation is 2. The number of halogens is 6. The lowest BCUT2D eigenvalue weighted by Gasteiger charge is -2.41. The number of nitrogens with zero attached hydrogens (tertiary/aromatic N) is 1. The number of hydrogen-bond donors (Lipinski definition) is 0. The van der Waals surface area contributed by atoms with E-state index in [2.05, 4.69) is 4.99 Å². The third kappa shape index (κ3) is 8.81. The molecule has 0 saturated heterocycles. The van der Waals surface area contributed by atoms with Crippen molar-refractivity contribution in [2.45, 2.75) is 102 Å². The number of aliphatic imine (C=N–C) groups is 1. The predicted octanol–water partition coefficient (Wildman–Crippen LogP) is 9.75. The highest BCUT2D eigenvalue weighted by atomic mass is 31.2. The van der Waals surface area contributed by atoms with Crippen molar-refractivity contribution in [3.8, 4) is 5.75 Å². The van der Waals surface area contributed by atoms with Crippen LogP contribution in [0.15, 0.2) is 47.5 Å². The highest BCUT2D eigenvalue weighted by Crippen LogP contribution is 2.68. The molecular weight excluding hydrogens is 607 g/mol. The maximum absolute atomic E-state index is 14.1. The van der Waals surface area contributed by atoms with Gasteiger partial charge in [-0.05, 0) is 55.0 Å². The van der Waals surface area contributed by atoms with Crippen LogP contribution in [-0.4, -0.2) is 41.6 Å². The van der Waals surface area contributed by atoms with E-state index in [1.807, 2.05) is 41.5 Å². The largest absolute Gasteiger partial charge is 0.493 e. The summed E-state index contributed by atoms with van der Waals surface area (Å²) in [5.41, 5.74) is -1.80. The molecule has 2 aromatic carbocycles. The van der Waals surface area contributed by atoms with Crippen LogP contribution in [0.4, 0.5) is 26.3 Å². The molecule has 2 aromatic rings. The van der Waals surface area contributed by atoms with Crippen molar-refractivity contribution in [2.24, 2.45) is 4.99 Å². The molecule has 0 spiro atoms. The van der Waals surface area contributed by atoms with Crippen molar-refractivity contribution in [3.05, 3.63) is 64.7 Å². The Morgan fingerprint density at radius 2 is 1.52 bits per heavy atom. The molecule has 0 aromatic heterocycles. The minimum Gasteiger partial charge on any atom is -0.493 e. The van der Waals surface area contributed by atoms with E-state index >= 15 is 0 Å². The number of ether oxygens (including phenoxy) is 2. The van der Waals surface area contributed by atoms with E-state index in [4.69, 9.17) is 14.0 Å². The first-order chi connectivity index (χ1) is 20.1. The van der Waals surface area contributed by atoms with Crippen LogP contribution in [0.2, 0.25) is 0 Å². The number of hydrogen-bond acceptors (Lipinski definition) is 5. The standard InChI is InChI=1S/C32H42F6NO4P/c1-22-39-30(20-42-22,21-43-44(40,28(2,3)4)29(5,6)7)16-15-24-13-14-27(26(19-24)32(36,37)38)41-17-9-11-23-10-8-12-25(18-23)31(33,34)35/h8,10,12-14,18-19H,9,11,15-17,20-21H2,1-7H3. The second-order valence-electron chi connectivity index (χ2n) is 13.3. The SMILES string of the molecule is CC1=NC(CCc2ccc(OCCCc3cccc(C(F)(F)F)c3)c(C(F)(F)F)c2)(COP(=O)(C(C)(C)C)C(C)(C)C)CO1. The zero-order chi connectivity index (χ0) is 33.2. The zero-order valence-electron chi connectivity index (χ0n) is 26.3. The average molecular weight is 650 g/mol. The first-order valence-electron chi connectivity index (χ1n) is 14.5. The minimum atomic E-state index is -4.69. The lowest BCUT2D eigenvalue weighted by Crippen LogP contribution is -2.38. The maximum atomic E-state index is 14.1. The van der Waals surface area contributed by atoms with Gasteiger partial charge in [-0.1, -0.05) is 65.8 Å². The molecule has 1 aliphatic heterocycles. The zero-order valence-corrected chi connectivity index (χ0v) is 27.2. The average Bonchev–Trinajstić information content (AvgIpc) is 3.27. The molecule has 0 bridgehead atoms. The van der Waals surface area contributed by atoms with Gasteiger partial charge < -0.3 is 14.0 Å². The fourth-order valence-electron chi connectivity index (χ4n) is 5.33. The summed E-state index contributed by atoms with van der Waals surface area (Å²) in [6.45, 7) is 12.9. The van der Waals surface area contributed by atoms with E-state index in [0.717, 1.165) is 18.2 Å². The third-order valence-electron chi connectivity index (χ3n) is 7.58. The fourth-order valence-corrected chi connectivity index (χ4v) is 8.54. The second-order valence-corrected chi connectivity index (χ2v) is 17.3. The molecule has 0 radical (unpaired) electrons. The van der Waals surface area contributed by atoms with Gasteiger partial charge in [0.25, 0.3) is 0 Å². The molecule has 44 heavy (non-hydrogen) atoms. The van der Waals surface area contributed by atoms with Gasteiger partial charge in [0.1, 0.15) is 17.9 Å². The van der Waals surface area contributed by atoms with E-state index in [9.17, 15) is 30.9 Å². The van der Waals surface area contributed by atoms with E-state index in [-0.39, 0.29) is 44.8 Å². The smallest absolute Gasteiger partial charge is 0.419 e. The van der Waals surface area contributed by atoms with Crippen molar-refractivity contribution < 1.29 is 44.9 Å². The van der Waals surface area contributed by atoms with Gasteiger partial charge in [-0.2, -0.15) is 26.3 Å². The summed E-state index contributed by atoms with van der Waals surface area (Å²) in [6, 6.07) is 8.68. The monoisotopic (exact) mass is 649 g/mol. The van der Waals surface area contributed by atoms with Crippen molar-refractivity contribution in [3.63, 3.8) is 0 Å². The minimum absolute atomic E-state index is 0.00460. The van der Waals surface area contributed by atoms with E-state index in [1.165, 1.54) is 18.2 Å². The van der Waals surface area contributed by atoms with Crippen LogP contribution in [0.25, 0.3) is 0 Å². The quantitative estimate of drug-likeness (QED) is 0.138. The van der Waals surface area contributed by atoms with Crippen LogP contribution in [0.3, 0.4) is 0 Å². The van der Waals surface area contributed by atoms with Crippen molar-refractivity contribution in [1.82, 2.24) is 0 Å². The Labute approximate surface area is 255 Å². The van der Waals surface area contributed by atoms with Crippen LogP contribution in [0.5, 0.6) is 5.75 Å². The normalized spacial score (nSPS) is 18.2. The topological polar surface area (TPSA) is 57.1 Å². The van der Waals surface area contributed by atoms with E-state index in [1.54, 1.807) is 13.0 Å². The molecule has 5 nitrogen and oxygen atoms in total. The summed E-state index contributed by atoms with van der Waals surface area (Å²) in [4.78, 5) is 4.62. The Hall–Kier alpha value is -2.52. The summed E-state index contributed by atoms with van der Waals surface area (Å²) < 4.78 is 112. The molecule has 0 aliphatic carbocycles. The van der Waals surface area contributed by atoms with Gasteiger partial charge >= 0.3 is 12.4 Å². The van der Waals surface area contributed by atoms with Gasteiger partial charge in [0.05, 0.1) is 24.3 Å². The summed E-state index contributed by atoms with van der Waals surface area (Å²) in [5, 5.41) is -1.29. The molecule has 0 saturated carbocycles. The molecule has 12 heteroatoms. The van der Waals surface area contributed by atoms with Crippen LogP contribution in [0.1, 0.15) is 83.6 Å². The molecule has 0 N–H and O–H groups in total. The van der Waals surface area contributed by atoms with Crippen molar-refractivity contribution in [1.29, 1.82) is 0 Å². The Balaban J connectivity index is 1.71. The lowest BCUT2D eigenvalue weighted by molar-refractivity contribution is -0.139. The molecule has 0 amide bonds. The third-order valence-corrected chi connectivity index (χ3v) is 11.6. The Bertz CT molecular complexity index is 1360. The highest BCUT2D eigenvalue weighted by molar-refractivity contribution is 7.62. The van der Waals surface area contributed by atoms with Gasteiger partial charge in [-0.3, -0.25) is 4.57 Å². The van der Waals surface area contributed by atoms with Crippen LogP contribution >= 0.6 is 7.37 Å². The number of rotatable bonds is 11. The molecule has 1 heterocycles. The molecular formula is C32H42F6NO4P. The van der Waals surface area contributed by atoms with Crippen LogP contribution < -0.4 is 4.74 Å². The van der Waals surface area contributed by atoms with Crippen molar-refractivity contribution in [2.75, 3.05) is 19.8 Å². The molecule has 1 unspecified atom stereocenters. The lowest BCUT2D eigenvalue weighted by atomic mass is 9.93. The van der Waals surface area contributed by atoms with E-state index in [0.29, 0.717) is 23.4 Å². The Morgan fingerprint density at radius 3 is 2.07 bits per heavy atom. The maximum Gasteiger partial charge on any atom is 0.419 e. The molecule has 0 fully saturated rings. The fraction of sp³-hybridized carbons (Fsp3) is 0.594. The first kappa shape index (κ1) is 36.0. The first-order valence-corrected chi connectivity index (χ1v) is 16.1. The Kier molecular flexibility index (Phi) is 10.7. The van der Waals surface area contributed by atoms with Gasteiger partial charge in [0.15, 0.2) is 5.90 Å². The van der Waals surface area contributed by atoms with E-state index < -0.39 is 46.7 Å². The van der Waals surface area contributed by atoms with Gasteiger partial charge in [-0.15, -0.1) is 0 Å². The molecule has 246 valence electrons. The van der Waals surface area contributed by atoms with Gasteiger partial charge in [-0.25, -0.2) is 4.99 Å². The highest BCUT2D eigenvalue weighted by Gasteiger charge is 2.50. The van der Waals surface area contributed by atoms with Gasteiger partial charge in [0, 0.05) is 17.2 Å². The summed E-state index contributed by atoms with van der Waals surface area (Å²) >= 11 is 0. The summed E-state index contributed by atoms with van der Waals surface area (Å²) in [6.07, 6.45) is -8.20. The van der Waals surface area contributed by atoms with Crippen LogP contribution in [-0.2, 0) is 39.0 Å². The second kappa shape index (κ2) is 13.1. The molecule has 1 aliphatic rings. The molecule has 1 atom stereocenters. The molecule has 3 rings (SSSR count). The number of benzene rings is 2. The van der Waals surface area contributed by atoms with Gasteiger partial charge in [0.2, 0.25) is 7.37 Å². The number of alkyl halides is 6. The summed E-state index contributed by atoms with van der Waals surface area (Å²) in [5.74, 6) is 0.0810. The van der Waals surface area contributed by atoms with Crippen LogP contribution in [0, 0.1) is 0 Å². The predicted molar refractivity (Wildman–Crippen MR) is 160 cm³/mol.